The summed E-state index contributed by atoms with van der Waals surface area (Å²) in [6.07, 6.45) is 2.60. The molecule has 22 heavy (non-hydrogen) atoms. The van der Waals surface area contributed by atoms with Gasteiger partial charge in [0.1, 0.15) is 0 Å². The van der Waals surface area contributed by atoms with Crippen molar-refractivity contribution >= 4 is 12.4 Å². The van der Waals surface area contributed by atoms with E-state index >= 15 is 0 Å². The third-order valence-electron chi connectivity index (χ3n) is 4.98. The molecule has 2 saturated heterocycles. The summed E-state index contributed by atoms with van der Waals surface area (Å²) in [7, 11) is 3.39. The molecule has 0 aliphatic carbocycles. The van der Waals surface area contributed by atoms with Gasteiger partial charge in [0.2, 0.25) is 0 Å². The van der Waals surface area contributed by atoms with Crippen molar-refractivity contribution in [3.8, 4) is 11.5 Å². The maximum absolute atomic E-state index is 5.44. The van der Waals surface area contributed by atoms with E-state index in [-0.39, 0.29) is 12.4 Å². The van der Waals surface area contributed by atoms with E-state index in [0.29, 0.717) is 0 Å². The largest absolute Gasteiger partial charge is 0.493 e. The van der Waals surface area contributed by atoms with Gasteiger partial charge in [0.05, 0.1) is 14.2 Å². The zero-order valence-corrected chi connectivity index (χ0v) is 14.5. The summed E-state index contributed by atoms with van der Waals surface area (Å²) >= 11 is 0. The highest BCUT2D eigenvalue weighted by Crippen LogP contribution is 2.32. The second-order valence-electron chi connectivity index (χ2n) is 6.27. The quantitative estimate of drug-likeness (QED) is 0.922. The number of aryl methyl sites for hydroxylation is 1. The first-order chi connectivity index (χ1) is 10.2. The first-order valence-corrected chi connectivity index (χ1v) is 7.88. The van der Waals surface area contributed by atoms with Crippen molar-refractivity contribution in [2.75, 3.05) is 33.9 Å². The molecule has 2 unspecified atom stereocenters. The number of rotatable bonds is 4. The van der Waals surface area contributed by atoms with E-state index in [4.69, 9.17) is 9.47 Å². The lowest BCUT2D eigenvalue weighted by atomic mass is 9.93. The van der Waals surface area contributed by atoms with Crippen molar-refractivity contribution in [1.82, 2.24) is 10.2 Å². The summed E-state index contributed by atoms with van der Waals surface area (Å²) < 4.78 is 10.8. The highest BCUT2D eigenvalue weighted by molar-refractivity contribution is 5.85. The van der Waals surface area contributed by atoms with Crippen LogP contribution in [0.25, 0.3) is 0 Å². The standard InChI is InChI=1S/C17H26N2O2.ClH/c1-12-8-16(20-2)17(21-3)9-14(12)11-19-7-5-15-13(10-19)4-6-18-15;/h8-9,13,15,18H,4-7,10-11H2,1-3H3;1H. The van der Waals surface area contributed by atoms with Crippen LogP contribution in [0.2, 0.25) is 0 Å². The van der Waals surface area contributed by atoms with Crippen LogP contribution in [0.3, 0.4) is 0 Å². The van der Waals surface area contributed by atoms with Crippen molar-refractivity contribution in [2.45, 2.75) is 32.4 Å². The van der Waals surface area contributed by atoms with Crippen LogP contribution in [0.1, 0.15) is 24.0 Å². The summed E-state index contributed by atoms with van der Waals surface area (Å²) in [4.78, 5) is 2.59. The van der Waals surface area contributed by atoms with Crippen LogP contribution >= 0.6 is 12.4 Å². The van der Waals surface area contributed by atoms with Crippen molar-refractivity contribution in [2.24, 2.45) is 5.92 Å². The molecule has 3 rings (SSSR count). The molecule has 2 aliphatic heterocycles. The number of nitrogens with zero attached hydrogens (tertiary/aromatic N) is 1. The molecule has 5 heteroatoms. The van der Waals surface area contributed by atoms with Crippen molar-refractivity contribution < 1.29 is 9.47 Å². The van der Waals surface area contributed by atoms with Crippen molar-refractivity contribution in [1.29, 1.82) is 0 Å². The Balaban J connectivity index is 0.00000176. The number of piperidine rings is 1. The number of hydrogen-bond donors (Lipinski definition) is 1. The Morgan fingerprint density at radius 2 is 1.91 bits per heavy atom. The lowest BCUT2D eigenvalue weighted by Crippen LogP contribution is -2.44. The average Bonchev–Trinajstić information content (AvgIpc) is 2.96. The van der Waals surface area contributed by atoms with Gasteiger partial charge in [0.15, 0.2) is 11.5 Å². The number of methoxy groups -OCH3 is 2. The third kappa shape index (κ3) is 3.50. The Labute approximate surface area is 139 Å². The van der Waals surface area contributed by atoms with E-state index in [1.165, 1.54) is 43.6 Å². The first-order valence-electron chi connectivity index (χ1n) is 7.88. The number of fused-ring (bicyclic) bond motifs is 1. The van der Waals surface area contributed by atoms with Gasteiger partial charge < -0.3 is 14.8 Å². The lowest BCUT2D eigenvalue weighted by Gasteiger charge is -2.35. The fraction of sp³-hybridized carbons (Fsp3) is 0.647. The molecule has 2 heterocycles. The molecular formula is C17H27ClN2O2. The van der Waals surface area contributed by atoms with Crippen LogP contribution < -0.4 is 14.8 Å². The fourth-order valence-corrected chi connectivity index (χ4v) is 3.70. The smallest absolute Gasteiger partial charge is 0.161 e. The molecule has 2 atom stereocenters. The normalized spacial score (nSPS) is 24.5. The minimum absolute atomic E-state index is 0. The number of ether oxygens (including phenoxy) is 2. The fourth-order valence-electron chi connectivity index (χ4n) is 3.70. The summed E-state index contributed by atoms with van der Waals surface area (Å²) in [5.41, 5.74) is 2.62. The second kappa shape index (κ2) is 7.53. The second-order valence-corrected chi connectivity index (χ2v) is 6.27. The van der Waals surface area contributed by atoms with E-state index in [9.17, 15) is 0 Å². The minimum atomic E-state index is 0. The summed E-state index contributed by atoms with van der Waals surface area (Å²) in [5, 5.41) is 3.62. The molecular weight excluding hydrogens is 300 g/mol. The number of nitrogens with one attached hydrogen (secondary N) is 1. The van der Waals surface area contributed by atoms with Gasteiger partial charge in [-0.2, -0.15) is 0 Å². The van der Waals surface area contributed by atoms with Gasteiger partial charge in [0.25, 0.3) is 0 Å². The van der Waals surface area contributed by atoms with E-state index < -0.39 is 0 Å². The van der Waals surface area contributed by atoms with Gasteiger partial charge in [-0.05, 0) is 62.0 Å². The van der Waals surface area contributed by atoms with Gasteiger partial charge in [-0.15, -0.1) is 12.4 Å². The summed E-state index contributed by atoms with van der Waals surface area (Å²) in [6.45, 7) is 6.75. The van der Waals surface area contributed by atoms with Crippen LogP contribution in [0, 0.1) is 12.8 Å². The van der Waals surface area contributed by atoms with Gasteiger partial charge in [-0.25, -0.2) is 0 Å². The van der Waals surface area contributed by atoms with E-state index in [2.05, 4.69) is 29.3 Å². The predicted molar refractivity (Wildman–Crippen MR) is 91.3 cm³/mol. The number of hydrogen-bond acceptors (Lipinski definition) is 4. The molecule has 0 aromatic heterocycles. The maximum Gasteiger partial charge on any atom is 0.161 e. The van der Waals surface area contributed by atoms with Gasteiger partial charge in [0, 0.05) is 19.1 Å². The van der Waals surface area contributed by atoms with E-state index in [1.807, 2.05) is 0 Å². The van der Waals surface area contributed by atoms with E-state index in [0.717, 1.165) is 30.0 Å². The molecule has 2 aliphatic rings. The Morgan fingerprint density at radius 3 is 2.64 bits per heavy atom. The Bertz CT molecular complexity index is 510. The number of benzene rings is 1. The van der Waals surface area contributed by atoms with E-state index in [1.54, 1.807) is 14.2 Å². The topological polar surface area (TPSA) is 33.7 Å². The zero-order chi connectivity index (χ0) is 14.8. The van der Waals surface area contributed by atoms with Crippen LogP contribution in [-0.4, -0.2) is 44.8 Å². The third-order valence-corrected chi connectivity index (χ3v) is 4.98. The first kappa shape index (κ1) is 17.4. The molecule has 0 amide bonds. The van der Waals surface area contributed by atoms with Gasteiger partial charge in [-0.3, -0.25) is 4.90 Å². The molecule has 0 saturated carbocycles. The Morgan fingerprint density at radius 1 is 1.18 bits per heavy atom. The van der Waals surface area contributed by atoms with Crippen LogP contribution in [0.4, 0.5) is 0 Å². The molecule has 1 N–H and O–H groups in total. The molecule has 1 aromatic carbocycles. The molecule has 4 nitrogen and oxygen atoms in total. The molecule has 0 bridgehead atoms. The molecule has 0 radical (unpaired) electrons. The number of halogens is 1. The van der Waals surface area contributed by atoms with Crippen molar-refractivity contribution in [3.05, 3.63) is 23.3 Å². The van der Waals surface area contributed by atoms with Crippen LogP contribution in [0.5, 0.6) is 11.5 Å². The monoisotopic (exact) mass is 326 g/mol. The average molecular weight is 327 g/mol. The van der Waals surface area contributed by atoms with Crippen molar-refractivity contribution in [3.63, 3.8) is 0 Å². The molecule has 1 aromatic rings. The Hall–Kier alpha value is -0.970. The predicted octanol–water partition coefficient (Wildman–Crippen LogP) is 2.62. The highest BCUT2D eigenvalue weighted by Gasteiger charge is 2.32. The summed E-state index contributed by atoms with van der Waals surface area (Å²) in [5.74, 6) is 2.48. The molecule has 2 fully saturated rings. The summed E-state index contributed by atoms with van der Waals surface area (Å²) in [6, 6.07) is 4.97. The maximum atomic E-state index is 5.44. The lowest BCUT2D eigenvalue weighted by molar-refractivity contribution is 0.155. The molecule has 124 valence electrons. The van der Waals surface area contributed by atoms with Gasteiger partial charge >= 0.3 is 0 Å². The van der Waals surface area contributed by atoms with Gasteiger partial charge in [-0.1, -0.05) is 0 Å². The SMILES string of the molecule is COc1cc(C)c(CN2CCC3NCCC3C2)cc1OC.Cl. The Kier molecular flexibility index (Phi) is 5.95. The minimum Gasteiger partial charge on any atom is -0.493 e. The molecule has 0 spiro atoms. The van der Waals surface area contributed by atoms with Crippen LogP contribution in [0.15, 0.2) is 12.1 Å². The number of likely N-dealkylation sites (tertiary alicyclic amines) is 1. The zero-order valence-electron chi connectivity index (χ0n) is 13.7. The van der Waals surface area contributed by atoms with Crippen LogP contribution in [-0.2, 0) is 6.54 Å². The highest BCUT2D eigenvalue weighted by atomic mass is 35.5.